The molecule has 4 atom stereocenters. The lowest BCUT2D eigenvalue weighted by atomic mass is 9.54. The molecule has 1 heterocycles. The van der Waals surface area contributed by atoms with Gasteiger partial charge in [-0.2, -0.15) is 0 Å². The molecular formula is C21H20Cl3NO. The van der Waals surface area contributed by atoms with Crippen LogP contribution in [0.15, 0.2) is 42.5 Å². The Morgan fingerprint density at radius 2 is 1.69 bits per heavy atom. The Morgan fingerprint density at radius 1 is 1.00 bits per heavy atom. The highest BCUT2D eigenvalue weighted by Gasteiger charge is 2.54. The highest BCUT2D eigenvalue weighted by molar-refractivity contribution is 6.35. The van der Waals surface area contributed by atoms with Gasteiger partial charge < -0.3 is 5.32 Å². The Balaban J connectivity index is 1.86. The third-order valence-electron chi connectivity index (χ3n) is 6.38. The Morgan fingerprint density at radius 3 is 2.38 bits per heavy atom. The summed E-state index contributed by atoms with van der Waals surface area (Å²) in [6.07, 6.45) is 1.79. The zero-order valence-corrected chi connectivity index (χ0v) is 16.7. The van der Waals surface area contributed by atoms with Gasteiger partial charge in [0.15, 0.2) is 0 Å². The number of amides is 1. The number of nitrogens with one attached hydrogen (secondary N) is 1. The van der Waals surface area contributed by atoms with Crippen molar-refractivity contribution in [1.82, 2.24) is 5.32 Å². The molecule has 136 valence electrons. The molecule has 0 aromatic heterocycles. The number of hydrogen-bond donors (Lipinski definition) is 1. The number of carbonyl (C=O) groups excluding carboxylic acids is 1. The number of rotatable bonds is 2. The smallest absolute Gasteiger partial charge is 0.223 e. The van der Waals surface area contributed by atoms with Crippen LogP contribution in [0.1, 0.15) is 36.8 Å². The fourth-order valence-corrected chi connectivity index (χ4v) is 5.69. The minimum Gasteiger partial charge on any atom is -0.356 e. The Kier molecular flexibility index (Phi) is 4.71. The highest BCUT2D eigenvalue weighted by atomic mass is 35.5. The van der Waals surface area contributed by atoms with Gasteiger partial charge in [-0.15, -0.1) is 0 Å². The summed E-state index contributed by atoms with van der Waals surface area (Å²) >= 11 is 18.8. The molecule has 5 heteroatoms. The Labute approximate surface area is 168 Å². The number of halogens is 3. The van der Waals surface area contributed by atoms with Gasteiger partial charge in [-0.3, -0.25) is 4.79 Å². The van der Waals surface area contributed by atoms with Gasteiger partial charge in [0, 0.05) is 32.9 Å². The van der Waals surface area contributed by atoms with Gasteiger partial charge >= 0.3 is 0 Å². The Hall–Kier alpha value is -1.22. The molecule has 2 nitrogen and oxygen atoms in total. The average molecular weight is 409 g/mol. The van der Waals surface area contributed by atoms with Gasteiger partial charge in [-0.25, -0.2) is 0 Å². The van der Waals surface area contributed by atoms with Gasteiger partial charge in [-0.1, -0.05) is 59.9 Å². The number of fused-ring (bicyclic) bond motifs is 1. The summed E-state index contributed by atoms with van der Waals surface area (Å²) in [5, 5.41) is 5.12. The first-order chi connectivity index (χ1) is 12.4. The largest absolute Gasteiger partial charge is 0.356 e. The van der Waals surface area contributed by atoms with Crippen LogP contribution in [0, 0.1) is 11.8 Å². The van der Waals surface area contributed by atoms with Crippen LogP contribution in [-0.2, 0) is 10.2 Å². The number of benzene rings is 2. The second-order valence-electron chi connectivity index (χ2n) is 7.54. The molecule has 0 unspecified atom stereocenters. The van der Waals surface area contributed by atoms with Gasteiger partial charge in [0.1, 0.15) is 0 Å². The molecule has 1 aliphatic carbocycles. The first-order valence-electron chi connectivity index (χ1n) is 8.90. The minimum absolute atomic E-state index is 0.0537. The van der Waals surface area contributed by atoms with Crippen molar-refractivity contribution in [3.63, 3.8) is 0 Å². The van der Waals surface area contributed by atoms with Crippen molar-refractivity contribution in [2.45, 2.75) is 31.1 Å². The molecule has 1 aliphatic heterocycles. The van der Waals surface area contributed by atoms with Crippen LogP contribution in [0.3, 0.4) is 0 Å². The van der Waals surface area contributed by atoms with Crippen molar-refractivity contribution in [3.8, 4) is 0 Å². The summed E-state index contributed by atoms with van der Waals surface area (Å²) in [4.78, 5) is 12.4. The van der Waals surface area contributed by atoms with Crippen LogP contribution in [0.4, 0.5) is 0 Å². The molecule has 2 fully saturated rings. The third kappa shape index (κ3) is 2.83. The standard InChI is InChI=1S/C21H20Cl3NO/c1-21(12-2-4-13(22)5-3-12)17(15-7-6-14(23)10-19(15)24)9-8-16-18(21)11-25-20(16)26/h2-7,10,16-18H,8-9,11H2,1H3,(H,25,26)/t16-,17-,18-,21+/m1/s1. The van der Waals surface area contributed by atoms with Crippen LogP contribution in [-0.4, -0.2) is 12.5 Å². The van der Waals surface area contributed by atoms with Crippen LogP contribution in [0.25, 0.3) is 0 Å². The normalized spacial score (nSPS) is 30.8. The number of hydrogen-bond acceptors (Lipinski definition) is 1. The minimum atomic E-state index is -0.218. The average Bonchev–Trinajstić information content (AvgIpc) is 2.99. The van der Waals surface area contributed by atoms with Gasteiger partial charge in [0.05, 0.1) is 0 Å². The van der Waals surface area contributed by atoms with Crippen molar-refractivity contribution in [3.05, 3.63) is 68.7 Å². The molecule has 1 saturated carbocycles. The predicted octanol–water partition coefficient (Wildman–Crippen LogP) is 5.84. The number of carbonyl (C=O) groups is 1. The molecular weight excluding hydrogens is 389 g/mol. The summed E-state index contributed by atoms with van der Waals surface area (Å²) in [6, 6.07) is 13.8. The van der Waals surface area contributed by atoms with Gasteiger partial charge in [-0.05, 0) is 60.1 Å². The Bertz CT molecular complexity index is 851. The highest BCUT2D eigenvalue weighted by Crippen LogP contribution is 2.56. The molecule has 0 radical (unpaired) electrons. The fraction of sp³-hybridized carbons (Fsp3) is 0.381. The molecule has 4 rings (SSSR count). The quantitative estimate of drug-likeness (QED) is 0.664. The first kappa shape index (κ1) is 18.2. The van der Waals surface area contributed by atoms with Crippen molar-refractivity contribution in [1.29, 1.82) is 0 Å². The second-order valence-corrected chi connectivity index (χ2v) is 8.82. The zero-order valence-electron chi connectivity index (χ0n) is 14.4. The van der Waals surface area contributed by atoms with E-state index in [2.05, 4.69) is 24.4 Å². The van der Waals surface area contributed by atoms with Gasteiger partial charge in [0.25, 0.3) is 0 Å². The SMILES string of the molecule is C[C@]1(c2ccc(Cl)cc2)[C@@H](c2ccc(Cl)cc2Cl)CC[C@H]2C(=O)NC[C@H]21. The van der Waals surface area contributed by atoms with Crippen molar-refractivity contribution in [2.24, 2.45) is 11.8 Å². The maximum Gasteiger partial charge on any atom is 0.223 e. The van der Waals surface area contributed by atoms with E-state index in [0.29, 0.717) is 21.6 Å². The topological polar surface area (TPSA) is 29.1 Å². The molecule has 0 bridgehead atoms. The van der Waals surface area contributed by atoms with Crippen LogP contribution in [0.2, 0.25) is 15.1 Å². The maximum atomic E-state index is 12.4. The molecule has 2 aliphatic rings. The lowest BCUT2D eigenvalue weighted by Gasteiger charge is -2.49. The van der Waals surface area contributed by atoms with Crippen LogP contribution in [0.5, 0.6) is 0 Å². The molecule has 0 spiro atoms. The van der Waals surface area contributed by atoms with E-state index < -0.39 is 0 Å². The predicted molar refractivity (Wildman–Crippen MR) is 107 cm³/mol. The molecule has 1 saturated heterocycles. The molecule has 2 aromatic carbocycles. The van der Waals surface area contributed by atoms with Crippen LogP contribution < -0.4 is 5.32 Å². The monoisotopic (exact) mass is 407 g/mol. The van der Waals surface area contributed by atoms with Crippen molar-refractivity contribution < 1.29 is 4.79 Å². The van der Waals surface area contributed by atoms with Crippen molar-refractivity contribution >= 4 is 40.7 Å². The molecule has 1 N–H and O–H groups in total. The lowest BCUT2D eigenvalue weighted by molar-refractivity contribution is -0.124. The van der Waals surface area contributed by atoms with E-state index in [1.165, 1.54) is 5.56 Å². The summed E-state index contributed by atoms with van der Waals surface area (Å²) in [7, 11) is 0. The molecule has 26 heavy (non-hydrogen) atoms. The van der Waals surface area contributed by atoms with E-state index in [9.17, 15) is 4.79 Å². The summed E-state index contributed by atoms with van der Waals surface area (Å²) < 4.78 is 0. The van der Waals surface area contributed by atoms with E-state index in [4.69, 9.17) is 34.8 Å². The third-order valence-corrected chi connectivity index (χ3v) is 7.20. The summed E-state index contributed by atoms with van der Waals surface area (Å²) in [5.74, 6) is 0.665. The molecule has 1 amide bonds. The maximum absolute atomic E-state index is 12.4. The zero-order chi connectivity index (χ0) is 18.5. The summed E-state index contributed by atoms with van der Waals surface area (Å²) in [6.45, 7) is 2.97. The van der Waals surface area contributed by atoms with E-state index >= 15 is 0 Å². The van der Waals surface area contributed by atoms with E-state index in [1.54, 1.807) is 0 Å². The lowest BCUT2D eigenvalue weighted by Crippen LogP contribution is -2.46. The molecule has 2 aromatic rings. The van der Waals surface area contributed by atoms with Crippen molar-refractivity contribution in [2.75, 3.05) is 6.54 Å². The first-order valence-corrected chi connectivity index (χ1v) is 10.0. The second kappa shape index (κ2) is 6.74. The summed E-state index contributed by atoms with van der Waals surface area (Å²) in [5.41, 5.74) is 2.08. The van der Waals surface area contributed by atoms with E-state index in [-0.39, 0.29) is 29.1 Å². The van der Waals surface area contributed by atoms with Gasteiger partial charge in [0.2, 0.25) is 5.91 Å². The fourth-order valence-electron chi connectivity index (χ4n) is 5.02. The van der Waals surface area contributed by atoms with Crippen LogP contribution >= 0.6 is 34.8 Å². The van der Waals surface area contributed by atoms with E-state index in [1.807, 2.05) is 30.3 Å². The van der Waals surface area contributed by atoms with E-state index in [0.717, 1.165) is 18.4 Å².